The van der Waals surface area contributed by atoms with Crippen LogP contribution in [0, 0.1) is 0 Å². The number of benzene rings is 1. The number of anilines is 3. The van der Waals surface area contributed by atoms with Gasteiger partial charge in [-0.25, -0.2) is 9.97 Å². The number of aliphatic hydroxyl groups is 1. The first-order valence-electron chi connectivity index (χ1n) is 10.8. The molecule has 1 aliphatic heterocycles. The van der Waals surface area contributed by atoms with E-state index in [0.29, 0.717) is 39.9 Å². The number of aliphatic hydroxyl groups excluding tert-OH is 1. The summed E-state index contributed by atoms with van der Waals surface area (Å²) in [6.45, 7) is 3.59. The Labute approximate surface area is 196 Å². The van der Waals surface area contributed by atoms with E-state index in [4.69, 9.17) is 9.07 Å². The van der Waals surface area contributed by atoms with Crippen LogP contribution >= 0.6 is 0 Å². The van der Waals surface area contributed by atoms with Crippen molar-refractivity contribution in [3.8, 4) is 11.5 Å². The van der Waals surface area contributed by atoms with Crippen molar-refractivity contribution in [2.24, 2.45) is 0 Å². The maximum Gasteiger partial charge on any atom is 0.493 e. The summed E-state index contributed by atoms with van der Waals surface area (Å²) in [6.07, 6.45) is 2.86. The Kier molecular flexibility index (Phi) is 5.74. The fourth-order valence-electron chi connectivity index (χ4n) is 3.96. The van der Waals surface area contributed by atoms with Crippen LogP contribution in [0.5, 0.6) is 0 Å². The van der Waals surface area contributed by atoms with E-state index in [-0.39, 0.29) is 12.6 Å². The number of pyridine rings is 2. The van der Waals surface area contributed by atoms with E-state index in [1.807, 2.05) is 44.2 Å². The zero-order valence-electron chi connectivity index (χ0n) is 18.6. The quantitative estimate of drug-likeness (QED) is 0.305. The van der Waals surface area contributed by atoms with Crippen LogP contribution in [0.2, 0.25) is 0 Å². The fraction of sp³-hybridized carbons (Fsp3) is 0.217. The molecule has 0 amide bonds. The number of hydrogen-bond acceptors (Lipinski definition) is 10. The van der Waals surface area contributed by atoms with Gasteiger partial charge in [0.2, 0.25) is 6.39 Å². The third-order valence-corrected chi connectivity index (χ3v) is 5.63. The molecule has 4 N–H and O–H groups in total. The van der Waals surface area contributed by atoms with Gasteiger partial charge in [-0.3, -0.25) is 0 Å². The lowest BCUT2D eigenvalue weighted by molar-refractivity contribution is 0.0970. The summed E-state index contributed by atoms with van der Waals surface area (Å²) in [6, 6.07) is 14.6. The molecule has 5 rings (SSSR count). The molecule has 34 heavy (non-hydrogen) atoms. The molecule has 0 saturated carbocycles. The Morgan fingerprint density at radius 3 is 2.68 bits per heavy atom. The van der Waals surface area contributed by atoms with Crippen LogP contribution < -0.4 is 16.1 Å². The Bertz CT molecular complexity index is 1290. The van der Waals surface area contributed by atoms with Crippen molar-refractivity contribution in [1.29, 1.82) is 0 Å². The van der Waals surface area contributed by atoms with Crippen LogP contribution in [0.15, 0.2) is 65.5 Å². The molecule has 1 atom stereocenters. The first kappa shape index (κ1) is 22.0. The average Bonchev–Trinajstić information content (AvgIpc) is 3.44. The maximum atomic E-state index is 10.1. The van der Waals surface area contributed by atoms with Crippen molar-refractivity contribution in [3.63, 3.8) is 0 Å². The van der Waals surface area contributed by atoms with E-state index in [1.165, 1.54) is 6.39 Å². The molecule has 0 spiro atoms. The van der Waals surface area contributed by atoms with Crippen molar-refractivity contribution in [1.82, 2.24) is 20.2 Å². The monoisotopic (exact) mass is 458 g/mol. The highest BCUT2D eigenvalue weighted by Gasteiger charge is 2.42. The van der Waals surface area contributed by atoms with E-state index in [9.17, 15) is 10.1 Å². The van der Waals surface area contributed by atoms with Gasteiger partial charge in [0, 0.05) is 17.7 Å². The summed E-state index contributed by atoms with van der Waals surface area (Å²) in [5.74, 6) is 1.37. The molecule has 1 aliphatic rings. The van der Waals surface area contributed by atoms with Gasteiger partial charge in [0.05, 0.1) is 35.2 Å². The lowest BCUT2D eigenvalue weighted by atomic mass is 9.80. The van der Waals surface area contributed by atoms with Gasteiger partial charge in [0.25, 0.3) is 5.89 Å². The van der Waals surface area contributed by atoms with Crippen molar-refractivity contribution in [3.05, 3.63) is 72.4 Å². The molecule has 3 aromatic heterocycles. The predicted octanol–water partition coefficient (Wildman–Crippen LogP) is 2.37. The van der Waals surface area contributed by atoms with E-state index in [2.05, 4.69) is 30.8 Å². The molecule has 0 bridgehead atoms. The third kappa shape index (κ3) is 4.24. The molecule has 4 aromatic rings. The molecule has 0 aliphatic carbocycles. The smallest absolute Gasteiger partial charge is 0.423 e. The Balaban J connectivity index is 1.48. The van der Waals surface area contributed by atoms with E-state index < -0.39 is 12.7 Å². The first-order chi connectivity index (χ1) is 16.4. The van der Waals surface area contributed by atoms with Gasteiger partial charge < -0.3 is 29.8 Å². The van der Waals surface area contributed by atoms with Gasteiger partial charge in [-0.05, 0) is 25.5 Å². The highest BCUT2D eigenvalue weighted by molar-refractivity contribution is 6.61. The highest BCUT2D eigenvalue weighted by Crippen LogP contribution is 2.33. The number of rotatable bonds is 7. The molecule has 0 unspecified atom stereocenters. The summed E-state index contributed by atoms with van der Waals surface area (Å²) in [5, 5.41) is 34.5. The third-order valence-electron chi connectivity index (χ3n) is 5.63. The number of nitrogens with zero attached hydrogens (tertiary/aromatic N) is 4. The molecule has 4 heterocycles. The van der Waals surface area contributed by atoms with Crippen molar-refractivity contribution in [2.75, 3.05) is 17.2 Å². The van der Waals surface area contributed by atoms with Crippen LogP contribution in [0.3, 0.4) is 0 Å². The molecule has 10 nitrogen and oxygen atoms in total. The Morgan fingerprint density at radius 1 is 1.12 bits per heavy atom. The summed E-state index contributed by atoms with van der Waals surface area (Å²) in [7, 11) is -0.998. The first-order valence-corrected chi connectivity index (χ1v) is 10.8. The Hall–Kier alpha value is -3.80. The molecule has 0 radical (unpaired) electrons. The van der Waals surface area contributed by atoms with Gasteiger partial charge >= 0.3 is 7.12 Å². The van der Waals surface area contributed by atoms with Crippen molar-refractivity contribution in [2.45, 2.75) is 25.5 Å². The minimum atomic E-state index is -0.998. The lowest BCUT2D eigenvalue weighted by Crippen LogP contribution is -2.28. The Morgan fingerprint density at radius 2 is 1.94 bits per heavy atom. The summed E-state index contributed by atoms with van der Waals surface area (Å²) >= 11 is 0. The number of aromatic nitrogens is 4. The van der Waals surface area contributed by atoms with Crippen LogP contribution in [-0.2, 0) is 10.3 Å². The van der Waals surface area contributed by atoms with Crippen molar-refractivity contribution >= 4 is 29.9 Å². The lowest BCUT2D eigenvalue weighted by Gasteiger charge is -2.20. The molecule has 172 valence electrons. The predicted molar refractivity (Wildman–Crippen MR) is 127 cm³/mol. The normalized spacial score (nSPS) is 15.1. The number of nitrogens with one attached hydrogen (secondary N) is 2. The number of fused-ring (bicyclic) bond motifs is 1. The zero-order chi connectivity index (χ0) is 23.7. The average molecular weight is 458 g/mol. The maximum absolute atomic E-state index is 10.1. The highest BCUT2D eigenvalue weighted by atomic mass is 16.5. The zero-order valence-corrected chi connectivity index (χ0v) is 18.6. The van der Waals surface area contributed by atoms with E-state index in [1.54, 1.807) is 24.4 Å². The minimum absolute atomic E-state index is 0.123. The molecule has 0 saturated heterocycles. The van der Waals surface area contributed by atoms with Crippen LogP contribution in [0.25, 0.3) is 11.5 Å². The van der Waals surface area contributed by atoms with Crippen LogP contribution in [-0.4, -0.2) is 44.0 Å². The molecular weight excluding hydrogens is 435 g/mol. The van der Waals surface area contributed by atoms with E-state index in [0.717, 1.165) is 5.56 Å². The standard InChI is InChI=1S/C23H23BN6O4/c1-23(2)21-16(24(32)34-23)8-9-19(29-21)28-20-10-17(15(11-25-20)22-30-26-13-33-22)27-18(12-31)14-6-4-3-5-7-14/h3-11,13,18,31-32H,12H2,1-2H3,(H2,25,27,28,29)/t18-/m1/s1. The molecule has 1 aromatic carbocycles. The summed E-state index contributed by atoms with van der Waals surface area (Å²) in [5.41, 5.74) is 2.76. The van der Waals surface area contributed by atoms with E-state index >= 15 is 0 Å². The van der Waals surface area contributed by atoms with Gasteiger partial charge in [0.15, 0.2) is 0 Å². The molecular formula is C23H23BN6O4. The SMILES string of the molecule is CC1(C)OB(O)c2ccc(Nc3cc(N[C@H](CO)c4ccccc4)c(-c4nnco4)cn3)nc21. The largest absolute Gasteiger partial charge is 0.493 e. The van der Waals surface area contributed by atoms with Gasteiger partial charge in [-0.15, -0.1) is 10.2 Å². The second-order valence-corrected chi connectivity index (χ2v) is 8.39. The topological polar surface area (TPSA) is 138 Å². The summed E-state index contributed by atoms with van der Waals surface area (Å²) < 4.78 is 11.0. The second-order valence-electron chi connectivity index (χ2n) is 8.39. The van der Waals surface area contributed by atoms with Gasteiger partial charge in [-0.2, -0.15) is 0 Å². The molecule has 0 fully saturated rings. The van der Waals surface area contributed by atoms with Crippen LogP contribution in [0.1, 0.15) is 31.1 Å². The summed E-state index contributed by atoms with van der Waals surface area (Å²) in [4.78, 5) is 9.12. The van der Waals surface area contributed by atoms with Crippen LogP contribution in [0.4, 0.5) is 17.3 Å². The minimum Gasteiger partial charge on any atom is -0.423 e. The van der Waals surface area contributed by atoms with Gasteiger partial charge in [0.1, 0.15) is 11.6 Å². The van der Waals surface area contributed by atoms with Crippen molar-refractivity contribution < 1.29 is 19.2 Å². The number of hydrogen-bond donors (Lipinski definition) is 4. The fourth-order valence-corrected chi connectivity index (χ4v) is 3.96. The second kappa shape index (κ2) is 8.86. The van der Waals surface area contributed by atoms with Gasteiger partial charge in [-0.1, -0.05) is 36.4 Å². The molecule has 11 heteroatoms.